The number of halogens is 2. The lowest BCUT2D eigenvalue weighted by atomic mass is 9.89. The van der Waals surface area contributed by atoms with Gasteiger partial charge in [-0.3, -0.25) is 9.48 Å². The SMILES string of the molecule is CCOC(=O)COc1cc(C2(O)CC3CC(c4ncn(C)c4C(=O)Nc4ccc(F)c(Cl)c4)CC3C2)n(C(C)(C)C)n1. The average Bonchev–Trinajstić information content (AvgIpc) is 3.66. The molecule has 3 aromatic rings. The van der Waals surface area contributed by atoms with E-state index in [-0.39, 0.29) is 47.8 Å². The Hall–Kier alpha value is -3.44. The number of aryl methyl sites for hydroxylation is 1. The Morgan fingerprint density at radius 1 is 1.21 bits per heavy atom. The molecule has 2 fully saturated rings. The summed E-state index contributed by atoms with van der Waals surface area (Å²) in [5, 5.41) is 19.3. The fourth-order valence-electron chi connectivity index (χ4n) is 6.49. The van der Waals surface area contributed by atoms with Crippen LogP contribution in [0, 0.1) is 17.7 Å². The number of carbonyl (C=O) groups excluding carboxylic acids is 2. The highest BCUT2D eigenvalue weighted by atomic mass is 35.5. The average molecular weight is 602 g/mol. The van der Waals surface area contributed by atoms with Crippen LogP contribution in [0.15, 0.2) is 30.6 Å². The summed E-state index contributed by atoms with van der Waals surface area (Å²) in [5.74, 6) is -0.608. The largest absolute Gasteiger partial charge is 0.465 e. The molecule has 0 saturated heterocycles. The molecule has 42 heavy (non-hydrogen) atoms. The molecular formula is C30H37ClFN5O5. The van der Waals surface area contributed by atoms with Gasteiger partial charge in [0.25, 0.3) is 5.91 Å². The van der Waals surface area contributed by atoms with E-state index in [0.717, 1.165) is 18.5 Å². The molecule has 0 radical (unpaired) electrons. The molecule has 5 rings (SSSR count). The van der Waals surface area contributed by atoms with Gasteiger partial charge in [-0.25, -0.2) is 14.2 Å². The number of aromatic nitrogens is 4. The van der Waals surface area contributed by atoms with Gasteiger partial charge in [0, 0.05) is 24.7 Å². The number of aliphatic hydroxyl groups is 1. The number of nitrogens with one attached hydrogen (secondary N) is 1. The number of benzene rings is 1. The van der Waals surface area contributed by atoms with Crippen LogP contribution in [-0.4, -0.2) is 49.5 Å². The molecule has 2 unspecified atom stereocenters. The quantitative estimate of drug-likeness (QED) is 0.343. The number of hydrogen-bond acceptors (Lipinski definition) is 7. The minimum Gasteiger partial charge on any atom is -0.465 e. The lowest BCUT2D eigenvalue weighted by Gasteiger charge is -2.30. The zero-order valence-electron chi connectivity index (χ0n) is 24.5. The summed E-state index contributed by atoms with van der Waals surface area (Å²) in [6.07, 6.45) is 4.27. The fraction of sp³-hybridized carbons (Fsp3) is 0.533. The molecule has 12 heteroatoms. The van der Waals surface area contributed by atoms with Crippen LogP contribution in [0.3, 0.4) is 0 Å². The lowest BCUT2D eigenvalue weighted by molar-refractivity contribution is -0.145. The molecule has 0 aliphatic heterocycles. The summed E-state index contributed by atoms with van der Waals surface area (Å²) in [6.45, 7) is 7.74. The van der Waals surface area contributed by atoms with Gasteiger partial charge < -0.3 is 24.5 Å². The van der Waals surface area contributed by atoms with Crippen LogP contribution in [0.4, 0.5) is 10.1 Å². The minimum absolute atomic E-state index is 0.0549. The highest BCUT2D eigenvalue weighted by Gasteiger charge is 2.52. The highest BCUT2D eigenvalue weighted by molar-refractivity contribution is 6.31. The van der Waals surface area contributed by atoms with Gasteiger partial charge in [-0.15, -0.1) is 5.10 Å². The zero-order valence-corrected chi connectivity index (χ0v) is 25.2. The second-order valence-electron chi connectivity index (χ2n) is 12.3. The van der Waals surface area contributed by atoms with E-state index in [1.54, 1.807) is 35.6 Å². The predicted octanol–water partition coefficient (Wildman–Crippen LogP) is 5.15. The number of ether oxygens (including phenoxy) is 2. The Morgan fingerprint density at radius 2 is 1.90 bits per heavy atom. The van der Waals surface area contributed by atoms with Crippen LogP contribution >= 0.6 is 11.6 Å². The summed E-state index contributed by atoms with van der Waals surface area (Å²) in [6, 6.07) is 5.78. The van der Waals surface area contributed by atoms with Crippen molar-refractivity contribution in [1.29, 1.82) is 0 Å². The van der Waals surface area contributed by atoms with Gasteiger partial charge in [0.05, 0.1) is 34.9 Å². The van der Waals surface area contributed by atoms with Crippen molar-refractivity contribution in [3.63, 3.8) is 0 Å². The fourth-order valence-corrected chi connectivity index (χ4v) is 6.67. The first-order chi connectivity index (χ1) is 19.8. The maximum absolute atomic E-state index is 13.6. The minimum atomic E-state index is -1.11. The van der Waals surface area contributed by atoms with E-state index < -0.39 is 22.9 Å². The van der Waals surface area contributed by atoms with Gasteiger partial charge in [0.1, 0.15) is 17.1 Å². The summed E-state index contributed by atoms with van der Waals surface area (Å²) in [7, 11) is 1.77. The number of rotatable bonds is 8. The molecule has 2 N–H and O–H groups in total. The Balaban J connectivity index is 1.31. The van der Waals surface area contributed by atoms with Crippen molar-refractivity contribution in [2.45, 2.75) is 70.4 Å². The standard InChI is InChI=1S/C30H37ClFN5O5/c1-6-41-25(38)15-42-24-12-23(37(35-24)29(2,3)4)30(40)13-18-9-17(10-19(18)14-30)26-27(36(5)16-33-26)28(39)34-20-7-8-22(32)21(31)11-20/h7-8,11-12,16-19,40H,6,9-10,13-15H2,1-5H3,(H,34,39). The smallest absolute Gasteiger partial charge is 0.344 e. The van der Waals surface area contributed by atoms with Crippen LogP contribution in [0.5, 0.6) is 5.88 Å². The third kappa shape index (κ3) is 5.89. The third-order valence-corrected chi connectivity index (χ3v) is 8.52. The van der Waals surface area contributed by atoms with Crippen molar-refractivity contribution in [2.75, 3.05) is 18.5 Å². The number of nitrogens with zero attached hydrogens (tertiary/aromatic N) is 4. The van der Waals surface area contributed by atoms with E-state index in [0.29, 0.717) is 29.9 Å². The number of hydrogen-bond donors (Lipinski definition) is 2. The topological polar surface area (TPSA) is 121 Å². The molecule has 2 aliphatic rings. The molecule has 2 saturated carbocycles. The van der Waals surface area contributed by atoms with Crippen molar-refractivity contribution < 1.29 is 28.6 Å². The Bertz CT molecular complexity index is 1480. The molecule has 2 heterocycles. The van der Waals surface area contributed by atoms with E-state index in [2.05, 4.69) is 15.4 Å². The van der Waals surface area contributed by atoms with E-state index in [1.165, 1.54) is 18.2 Å². The van der Waals surface area contributed by atoms with E-state index in [4.69, 9.17) is 21.1 Å². The molecule has 1 aromatic carbocycles. The van der Waals surface area contributed by atoms with Crippen molar-refractivity contribution in [3.05, 3.63) is 58.5 Å². The zero-order chi connectivity index (χ0) is 30.4. The first-order valence-corrected chi connectivity index (χ1v) is 14.6. The molecule has 2 atom stereocenters. The summed E-state index contributed by atoms with van der Waals surface area (Å²) < 4.78 is 27.6. The predicted molar refractivity (Wildman–Crippen MR) is 154 cm³/mol. The Labute approximate surface area is 249 Å². The molecular weight excluding hydrogens is 565 g/mol. The van der Waals surface area contributed by atoms with Crippen molar-refractivity contribution in [3.8, 4) is 5.88 Å². The van der Waals surface area contributed by atoms with Crippen LogP contribution < -0.4 is 10.1 Å². The van der Waals surface area contributed by atoms with Crippen LogP contribution in [-0.2, 0) is 27.7 Å². The number of fused-ring (bicyclic) bond motifs is 1. The number of anilines is 1. The van der Waals surface area contributed by atoms with E-state index in [1.807, 2.05) is 20.8 Å². The monoisotopic (exact) mass is 601 g/mol. The molecule has 2 aromatic heterocycles. The molecule has 0 bridgehead atoms. The van der Waals surface area contributed by atoms with Gasteiger partial charge in [0.15, 0.2) is 6.61 Å². The van der Waals surface area contributed by atoms with Gasteiger partial charge in [-0.1, -0.05) is 11.6 Å². The second kappa shape index (κ2) is 11.3. The van der Waals surface area contributed by atoms with Crippen molar-refractivity contribution >= 4 is 29.2 Å². The number of carbonyl (C=O) groups is 2. The van der Waals surface area contributed by atoms with Crippen LogP contribution in [0.25, 0.3) is 0 Å². The van der Waals surface area contributed by atoms with Gasteiger partial charge in [-0.2, -0.15) is 0 Å². The van der Waals surface area contributed by atoms with E-state index in [9.17, 15) is 19.1 Å². The Kier molecular flexibility index (Phi) is 8.10. The van der Waals surface area contributed by atoms with Crippen LogP contribution in [0.1, 0.15) is 81.2 Å². The molecule has 226 valence electrons. The lowest BCUT2D eigenvalue weighted by Crippen LogP contribution is -2.33. The second-order valence-corrected chi connectivity index (χ2v) is 12.8. The van der Waals surface area contributed by atoms with Gasteiger partial charge >= 0.3 is 5.97 Å². The normalized spacial score (nSPS) is 23.6. The van der Waals surface area contributed by atoms with Gasteiger partial charge in [-0.05, 0) is 83.4 Å². The van der Waals surface area contributed by atoms with Crippen molar-refractivity contribution in [2.24, 2.45) is 18.9 Å². The van der Waals surface area contributed by atoms with Gasteiger partial charge in [0.2, 0.25) is 5.88 Å². The first-order valence-electron chi connectivity index (χ1n) is 14.2. The number of esters is 1. The summed E-state index contributed by atoms with van der Waals surface area (Å²) >= 11 is 5.89. The highest BCUT2D eigenvalue weighted by Crippen LogP contribution is 2.57. The maximum Gasteiger partial charge on any atom is 0.344 e. The first kappa shape index (κ1) is 30.0. The molecule has 1 amide bonds. The van der Waals surface area contributed by atoms with Crippen LogP contribution in [0.2, 0.25) is 5.02 Å². The Morgan fingerprint density at radius 3 is 2.52 bits per heavy atom. The number of amides is 1. The third-order valence-electron chi connectivity index (χ3n) is 8.23. The van der Waals surface area contributed by atoms with E-state index >= 15 is 0 Å². The molecule has 0 spiro atoms. The molecule has 2 aliphatic carbocycles. The summed E-state index contributed by atoms with van der Waals surface area (Å²) in [4.78, 5) is 29.7. The van der Waals surface area contributed by atoms with Crippen molar-refractivity contribution in [1.82, 2.24) is 19.3 Å². The summed E-state index contributed by atoms with van der Waals surface area (Å²) in [5.41, 5.74) is 0.684. The maximum atomic E-state index is 13.6. The molecule has 10 nitrogen and oxygen atoms in total. The number of imidazole rings is 1.